The van der Waals surface area contributed by atoms with Crippen LogP contribution < -0.4 is 4.74 Å². The van der Waals surface area contributed by atoms with E-state index in [9.17, 15) is 8.78 Å². The van der Waals surface area contributed by atoms with Crippen LogP contribution in [0.15, 0.2) is 72.8 Å². The van der Waals surface area contributed by atoms with Gasteiger partial charge in [-0.05, 0) is 72.2 Å². The third-order valence-corrected chi connectivity index (χ3v) is 5.19. The monoisotopic (exact) mass is 406 g/mol. The largest absolute Gasteiger partial charge is 0.494 e. The van der Waals surface area contributed by atoms with Gasteiger partial charge in [-0.25, -0.2) is 13.2 Å². The van der Waals surface area contributed by atoms with E-state index in [1.165, 1.54) is 18.2 Å². The van der Waals surface area contributed by atoms with Gasteiger partial charge in [-0.3, -0.25) is 0 Å². The molecular formula is C26H21F3O. The third kappa shape index (κ3) is 4.18. The van der Waals surface area contributed by atoms with Crippen molar-refractivity contribution in [1.82, 2.24) is 0 Å². The maximum absolute atomic E-state index is 15.0. The van der Waals surface area contributed by atoms with Crippen molar-refractivity contribution >= 4 is 10.8 Å². The predicted molar refractivity (Wildman–Crippen MR) is 114 cm³/mol. The van der Waals surface area contributed by atoms with Crippen molar-refractivity contribution in [2.75, 3.05) is 6.61 Å². The van der Waals surface area contributed by atoms with E-state index in [1.807, 2.05) is 13.0 Å². The molecule has 0 fully saturated rings. The van der Waals surface area contributed by atoms with E-state index in [4.69, 9.17) is 4.74 Å². The highest BCUT2D eigenvalue weighted by molar-refractivity contribution is 5.88. The normalized spacial score (nSPS) is 11.1. The van der Waals surface area contributed by atoms with Crippen LogP contribution in [0.4, 0.5) is 13.2 Å². The zero-order valence-corrected chi connectivity index (χ0v) is 16.6. The molecule has 152 valence electrons. The number of rotatable bonds is 6. The Hall–Kier alpha value is -3.27. The molecule has 0 N–H and O–H groups in total. The molecule has 4 rings (SSSR count). The summed E-state index contributed by atoms with van der Waals surface area (Å²) in [5.74, 6) is -0.447. The molecule has 0 aliphatic rings. The van der Waals surface area contributed by atoms with Crippen molar-refractivity contribution in [3.8, 4) is 16.9 Å². The summed E-state index contributed by atoms with van der Waals surface area (Å²) in [4.78, 5) is 0. The zero-order valence-electron chi connectivity index (χ0n) is 16.6. The van der Waals surface area contributed by atoms with E-state index in [0.29, 0.717) is 52.7 Å². The molecule has 0 aliphatic heterocycles. The average Bonchev–Trinajstić information content (AvgIpc) is 2.75. The fourth-order valence-corrected chi connectivity index (χ4v) is 3.61. The van der Waals surface area contributed by atoms with Crippen LogP contribution in [0.3, 0.4) is 0 Å². The van der Waals surface area contributed by atoms with Gasteiger partial charge in [0.25, 0.3) is 0 Å². The summed E-state index contributed by atoms with van der Waals surface area (Å²) in [5, 5.41) is 1.21. The molecular weight excluding hydrogens is 385 g/mol. The number of hydrogen-bond donors (Lipinski definition) is 0. The highest BCUT2D eigenvalue weighted by Gasteiger charge is 2.11. The first-order chi connectivity index (χ1) is 14.5. The van der Waals surface area contributed by atoms with Crippen LogP contribution >= 0.6 is 0 Å². The number of fused-ring (bicyclic) bond motifs is 1. The standard InChI is InChI=1S/C26H21F3O/c1-2-30-22-12-14-23(25(28)16-22)19-9-13-24-20(15-19)8-7-18(26(24)29)6-3-17-4-10-21(27)11-5-17/h4-5,7-16H,2-3,6H2,1H3. The third-order valence-electron chi connectivity index (χ3n) is 5.19. The molecule has 1 nitrogen and oxygen atoms in total. The van der Waals surface area contributed by atoms with E-state index in [-0.39, 0.29) is 17.5 Å². The topological polar surface area (TPSA) is 9.23 Å². The highest BCUT2D eigenvalue weighted by Crippen LogP contribution is 2.31. The van der Waals surface area contributed by atoms with Crippen LogP contribution in [0.1, 0.15) is 18.1 Å². The molecule has 4 aromatic carbocycles. The van der Waals surface area contributed by atoms with Gasteiger partial charge in [0.05, 0.1) is 6.61 Å². The van der Waals surface area contributed by atoms with Crippen LogP contribution in [0, 0.1) is 17.5 Å². The first-order valence-electron chi connectivity index (χ1n) is 9.93. The highest BCUT2D eigenvalue weighted by atomic mass is 19.1. The molecule has 0 saturated heterocycles. The van der Waals surface area contributed by atoms with Gasteiger partial charge in [-0.2, -0.15) is 0 Å². The Morgan fingerprint density at radius 1 is 0.767 bits per heavy atom. The second kappa shape index (κ2) is 8.62. The molecule has 0 aromatic heterocycles. The first-order valence-corrected chi connectivity index (χ1v) is 9.93. The molecule has 0 aliphatic carbocycles. The summed E-state index contributed by atoms with van der Waals surface area (Å²) in [6, 6.07) is 19.8. The summed E-state index contributed by atoms with van der Waals surface area (Å²) in [5.41, 5.74) is 2.69. The Morgan fingerprint density at radius 2 is 1.57 bits per heavy atom. The lowest BCUT2D eigenvalue weighted by Crippen LogP contribution is -1.96. The Labute approximate surface area is 173 Å². The maximum atomic E-state index is 15.0. The van der Waals surface area contributed by atoms with Gasteiger partial charge in [0.15, 0.2) is 0 Å². The fraction of sp³-hybridized carbons (Fsp3) is 0.154. The van der Waals surface area contributed by atoms with Crippen molar-refractivity contribution < 1.29 is 17.9 Å². The lowest BCUT2D eigenvalue weighted by Gasteiger charge is -2.10. The van der Waals surface area contributed by atoms with Crippen molar-refractivity contribution in [3.05, 3.63) is 101 Å². The number of benzene rings is 4. The summed E-state index contributed by atoms with van der Waals surface area (Å²) < 4.78 is 47.9. The zero-order chi connectivity index (χ0) is 21.1. The minimum absolute atomic E-state index is 0.270. The van der Waals surface area contributed by atoms with E-state index in [2.05, 4.69) is 0 Å². The van der Waals surface area contributed by atoms with Crippen molar-refractivity contribution in [2.45, 2.75) is 19.8 Å². The summed E-state index contributed by atoms with van der Waals surface area (Å²) in [6.07, 6.45) is 1.14. The lowest BCUT2D eigenvalue weighted by atomic mass is 9.97. The minimum atomic E-state index is -0.378. The quantitative estimate of drug-likeness (QED) is 0.332. The van der Waals surface area contributed by atoms with E-state index in [0.717, 1.165) is 5.56 Å². The van der Waals surface area contributed by atoms with Crippen molar-refractivity contribution in [2.24, 2.45) is 0 Å². The summed E-state index contributed by atoms with van der Waals surface area (Å²) in [7, 11) is 0. The van der Waals surface area contributed by atoms with Gasteiger partial charge < -0.3 is 4.74 Å². The predicted octanol–water partition coefficient (Wildman–Crippen LogP) is 7.11. The first kappa shape index (κ1) is 20.0. The van der Waals surface area contributed by atoms with Gasteiger partial charge in [0, 0.05) is 17.0 Å². The summed E-state index contributed by atoms with van der Waals surface area (Å²) >= 11 is 0. The Balaban J connectivity index is 1.60. The smallest absolute Gasteiger partial charge is 0.134 e. The van der Waals surface area contributed by atoms with Gasteiger partial charge in [-0.15, -0.1) is 0 Å². The minimum Gasteiger partial charge on any atom is -0.494 e. The van der Waals surface area contributed by atoms with Crippen LogP contribution in [0.2, 0.25) is 0 Å². The van der Waals surface area contributed by atoms with E-state index in [1.54, 1.807) is 48.5 Å². The Bertz CT molecular complexity index is 1180. The maximum Gasteiger partial charge on any atom is 0.134 e. The number of hydrogen-bond acceptors (Lipinski definition) is 1. The molecule has 30 heavy (non-hydrogen) atoms. The van der Waals surface area contributed by atoms with Gasteiger partial charge in [0.1, 0.15) is 23.2 Å². The fourth-order valence-electron chi connectivity index (χ4n) is 3.61. The molecule has 0 spiro atoms. The SMILES string of the molecule is CCOc1ccc(-c2ccc3c(F)c(CCc4ccc(F)cc4)ccc3c2)c(F)c1. The second-order valence-corrected chi connectivity index (χ2v) is 7.18. The lowest BCUT2D eigenvalue weighted by molar-refractivity contribution is 0.338. The molecule has 0 radical (unpaired) electrons. The molecule has 0 saturated carbocycles. The molecule has 4 heteroatoms. The Morgan fingerprint density at radius 3 is 2.30 bits per heavy atom. The average molecular weight is 406 g/mol. The van der Waals surface area contributed by atoms with Gasteiger partial charge in [0.2, 0.25) is 0 Å². The molecule has 0 bridgehead atoms. The van der Waals surface area contributed by atoms with Crippen molar-refractivity contribution in [1.29, 1.82) is 0 Å². The van der Waals surface area contributed by atoms with Crippen LogP contribution in [0.25, 0.3) is 21.9 Å². The van der Waals surface area contributed by atoms with Crippen LogP contribution in [-0.2, 0) is 12.8 Å². The van der Waals surface area contributed by atoms with Gasteiger partial charge >= 0.3 is 0 Å². The summed E-state index contributed by atoms with van der Waals surface area (Å²) in [6.45, 7) is 2.31. The molecule has 0 atom stereocenters. The van der Waals surface area contributed by atoms with Crippen LogP contribution in [0.5, 0.6) is 5.75 Å². The molecule has 0 heterocycles. The van der Waals surface area contributed by atoms with Crippen LogP contribution in [-0.4, -0.2) is 6.61 Å². The van der Waals surface area contributed by atoms with Crippen molar-refractivity contribution in [3.63, 3.8) is 0 Å². The number of aryl methyl sites for hydroxylation is 2. The Kier molecular flexibility index (Phi) is 5.75. The van der Waals surface area contributed by atoms with E-state index >= 15 is 4.39 Å². The molecule has 4 aromatic rings. The number of ether oxygens (including phenoxy) is 1. The molecule has 0 unspecified atom stereocenters. The second-order valence-electron chi connectivity index (χ2n) is 7.18. The van der Waals surface area contributed by atoms with E-state index < -0.39 is 0 Å². The van der Waals surface area contributed by atoms with Gasteiger partial charge in [-0.1, -0.05) is 36.4 Å². The number of halogens is 3. The molecule has 0 amide bonds.